The number of anilines is 2. The maximum absolute atomic E-state index is 12.7. The van der Waals surface area contributed by atoms with E-state index in [-0.39, 0.29) is 30.2 Å². The predicted molar refractivity (Wildman–Crippen MR) is 93.0 cm³/mol. The summed E-state index contributed by atoms with van der Waals surface area (Å²) in [5.41, 5.74) is 6.72. The molecule has 2 amide bonds. The summed E-state index contributed by atoms with van der Waals surface area (Å²) in [7, 11) is 0. The summed E-state index contributed by atoms with van der Waals surface area (Å²) >= 11 is 6.19. The van der Waals surface area contributed by atoms with E-state index in [9.17, 15) is 9.59 Å². The van der Waals surface area contributed by atoms with E-state index in [2.05, 4.69) is 4.98 Å². The molecule has 1 aliphatic heterocycles. The number of benzene rings is 1. The molecule has 0 unspecified atom stereocenters. The SMILES string of the molecule is C[C@@H]1CN(c2ccccc2Cl)C(=O)CN1C(=O)c1ccnc(N)c1. The lowest BCUT2D eigenvalue weighted by atomic mass is 10.1. The molecular weight excluding hydrogens is 328 g/mol. The van der Waals surface area contributed by atoms with Crippen LogP contribution in [0.15, 0.2) is 42.6 Å². The maximum atomic E-state index is 12.7. The third-order valence-electron chi connectivity index (χ3n) is 4.02. The Kier molecular flexibility index (Phi) is 4.40. The van der Waals surface area contributed by atoms with E-state index < -0.39 is 0 Å². The number of nitrogens with zero attached hydrogens (tertiary/aromatic N) is 3. The van der Waals surface area contributed by atoms with Crippen LogP contribution in [0.25, 0.3) is 0 Å². The Bertz CT molecular complexity index is 796. The first-order valence-corrected chi connectivity index (χ1v) is 7.92. The second-order valence-corrected chi connectivity index (χ2v) is 6.11. The molecule has 0 bridgehead atoms. The molecule has 24 heavy (non-hydrogen) atoms. The molecule has 0 saturated carbocycles. The number of hydrogen-bond donors (Lipinski definition) is 1. The number of carbonyl (C=O) groups is 2. The van der Waals surface area contributed by atoms with Crippen LogP contribution in [0.1, 0.15) is 17.3 Å². The van der Waals surface area contributed by atoms with Crippen LogP contribution in [0, 0.1) is 0 Å². The number of rotatable bonds is 2. The number of nitrogen functional groups attached to an aromatic ring is 1. The molecule has 2 N–H and O–H groups in total. The molecule has 2 heterocycles. The molecule has 124 valence electrons. The molecule has 1 saturated heterocycles. The number of amides is 2. The van der Waals surface area contributed by atoms with E-state index in [1.54, 1.807) is 28.0 Å². The fourth-order valence-corrected chi connectivity index (χ4v) is 3.01. The van der Waals surface area contributed by atoms with Gasteiger partial charge in [0.15, 0.2) is 0 Å². The van der Waals surface area contributed by atoms with E-state index in [4.69, 9.17) is 17.3 Å². The van der Waals surface area contributed by atoms with Crippen molar-refractivity contribution in [1.29, 1.82) is 0 Å². The monoisotopic (exact) mass is 344 g/mol. The minimum absolute atomic E-state index is 0.00650. The Balaban J connectivity index is 1.82. The van der Waals surface area contributed by atoms with Crippen molar-refractivity contribution < 1.29 is 9.59 Å². The molecule has 2 aromatic rings. The highest BCUT2D eigenvalue weighted by molar-refractivity contribution is 6.33. The van der Waals surface area contributed by atoms with Crippen molar-refractivity contribution in [3.8, 4) is 0 Å². The largest absolute Gasteiger partial charge is 0.384 e. The van der Waals surface area contributed by atoms with E-state index in [0.717, 1.165) is 0 Å². The molecule has 7 heteroatoms. The van der Waals surface area contributed by atoms with Crippen molar-refractivity contribution in [3.63, 3.8) is 0 Å². The van der Waals surface area contributed by atoms with Crippen molar-refractivity contribution in [2.45, 2.75) is 13.0 Å². The van der Waals surface area contributed by atoms with E-state index in [0.29, 0.717) is 22.8 Å². The first-order valence-electron chi connectivity index (χ1n) is 7.55. The van der Waals surface area contributed by atoms with Crippen LogP contribution in [0.4, 0.5) is 11.5 Å². The topological polar surface area (TPSA) is 79.5 Å². The van der Waals surface area contributed by atoms with Gasteiger partial charge in [-0.3, -0.25) is 9.59 Å². The van der Waals surface area contributed by atoms with Crippen molar-refractivity contribution >= 4 is 34.9 Å². The van der Waals surface area contributed by atoms with Gasteiger partial charge in [-0.2, -0.15) is 0 Å². The van der Waals surface area contributed by atoms with Crippen molar-refractivity contribution in [3.05, 3.63) is 53.2 Å². The number of pyridine rings is 1. The average molecular weight is 345 g/mol. The van der Waals surface area contributed by atoms with E-state index >= 15 is 0 Å². The normalized spacial score (nSPS) is 17.9. The molecule has 1 aromatic heterocycles. The van der Waals surface area contributed by atoms with Gasteiger partial charge in [0.1, 0.15) is 12.4 Å². The number of carbonyl (C=O) groups excluding carboxylic acids is 2. The van der Waals surface area contributed by atoms with Crippen LogP contribution in [-0.2, 0) is 4.79 Å². The minimum Gasteiger partial charge on any atom is -0.384 e. The van der Waals surface area contributed by atoms with Gasteiger partial charge < -0.3 is 15.5 Å². The van der Waals surface area contributed by atoms with Crippen LogP contribution in [0.2, 0.25) is 5.02 Å². The van der Waals surface area contributed by atoms with E-state index in [1.165, 1.54) is 12.3 Å². The van der Waals surface area contributed by atoms with Gasteiger partial charge in [-0.1, -0.05) is 23.7 Å². The number of nitrogens with two attached hydrogens (primary N) is 1. The summed E-state index contributed by atoms with van der Waals surface area (Å²) in [6, 6.07) is 10.1. The van der Waals surface area contributed by atoms with Crippen molar-refractivity contribution in [1.82, 2.24) is 9.88 Å². The smallest absolute Gasteiger partial charge is 0.254 e. The van der Waals surface area contributed by atoms with Crippen molar-refractivity contribution in [2.75, 3.05) is 23.7 Å². The van der Waals surface area contributed by atoms with Crippen LogP contribution in [0.5, 0.6) is 0 Å². The summed E-state index contributed by atoms with van der Waals surface area (Å²) in [5, 5.41) is 0.514. The molecular formula is C17H17ClN4O2. The van der Waals surface area contributed by atoms with Gasteiger partial charge in [0.2, 0.25) is 5.91 Å². The third-order valence-corrected chi connectivity index (χ3v) is 4.34. The zero-order valence-electron chi connectivity index (χ0n) is 13.1. The number of halogens is 1. The Labute approximate surface area is 144 Å². The predicted octanol–water partition coefficient (Wildman–Crippen LogP) is 2.19. The van der Waals surface area contributed by atoms with Gasteiger partial charge in [-0.25, -0.2) is 4.98 Å². The van der Waals surface area contributed by atoms with Gasteiger partial charge in [0.25, 0.3) is 5.91 Å². The standard InChI is InChI=1S/C17H17ClN4O2/c1-11-9-22(14-5-3-2-4-13(14)18)16(23)10-21(11)17(24)12-6-7-20-15(19)8-12/h2-8,11H,9-10H2,1H3,(H2,19,20)/t11-/m1/s1. The summed E-state index contributed by atoms with van der Waals surface area (Å²) in [5.74, 6) is -0.130. The lowest BCUT2D eigenvalue weighted by Gasteiger charge is -2.39. The maximum Gasteiger partial charge on any atom is 0.254 e. The molecule has 1 fully saturated rings. The number of hydrogen-bond acceptors (Lipinski definition) is 4. The fraction of sp³-hybridized carbons (Fsp3) is 0.235. The number of piperazine rings is 1. The Morgan fingerprint density at radius 2 is 2.08 bits per heavy atom. The molecule has 0 aliphatic carbocycles. The Hall–Kier alpha value is -2.60. The second kappa shape index (κ2) is 6.49. The first-order chi connectivity index (χ1) is 11.5. The highest BCUT2D eigenvalue weighted by atomic mass is 35.5. The molecule has 0 spiro atoms. The van der Waals surface area contributed by atoms with Crippen LogP contribution in [0.3, 0.4) is 0 Å². The summed E-state index contributed by atoms with van der Waals surface area (Å²) in [4.78, 5) is 32.3. The summed E-state index contributed by atoms with van der Waals surface area (Å²) < 4.78 is 0. The van der Waals surface area contributed by atoms with Crippen LogP contribution >= 0.6 is 11.6 Å². The second-order valence-electron chi connectivity index (χ2n) is 5.71. The average Bonchev–Trinajstić information content (AvgIpc) is 2.56. The number of aromatic nitrogens is 1. The summed E-state index contributed by atoms with van der Waals surface area (Å²) in [6.45, 7) is 2.28. The van der Waals surface area contributed by atoms with Crippen LogP contribution < -0.4 is 10.6 Å². The first kappa shape index (κ1) is 16.3. The zero-order valence-corrected chi connectivity index (χ0v) is 13.9. The number of para-hydroxylation sites is 1. The van der Waals surface area contributed by atoms with Crippen molar-refractivity contribution in [2.24, 2.45) is 0 Å². The van der Waals surface area contributed by atoms with Gasteiger partial charge in [0, 0.05) is 24.3 Å². The van der Waals surface area contributed by atoms with Gasteiger partial charge in [-0.15, -0.1) is 0 Å². The molecule has 0 radical (unpaired) electrons. The molecule has 1 atom stereocenters. The van der Waals surface area contributed by atoms with E-state index in [1.807, 2.05) is 19.1 Å². The Morgan fingerprint density at radius 1 is 1.33 bits per heavy atom. The third kappa shape index (κ3) is 3.05. The quantitative estimate of drug-likeness (QED) is 0.905. The zero-order chi connectivity index (χ0) is 17.3. The lowest BCUT2D eigenvalue weighted by molar-refractivity contribution is -0.121. The molecule has 1 aromatic carbocycles. The fourth-order valence-electron chi connectivity index (χ4n) is 2.77. The van der Waals surface area contributed by atoms with Gasteiger partial charge >= 0.3 is 0 Å². The van der Waals surface area contributed by atoms with Gasteiger partial charge in [-0.05, 0) is 31.2 Å². The van der Waals surface area contributed by atoms with Gasteiger partial charge in [0.05, 0.1) is 10.7 Å². The molecule has 1 aliphatic rings. The van der Waals surface area contributed by atoms with Crippen LogP contribution in [-0.4, -0.2) is 40.8 Å². The molecule has 3 rings (SSSR count). The Morgan fingerprint density at radius 3 is 2.79 bits per heavy atom. The lowest BCUT2D eigenvalue weighted by Crippen LogP contribution is -2.57. The minimum atomic E-state index is -0.233. The summed E-state index contributed by atoms with van der Waals surface area (Å²) in [6.07, 6.45) is 1.48. The molecule has 6 nitrogen and oxygen atoms in total. The highest BCUT2D eigenvalue weighted by Crippen LogP contribution is 2.28. The highest BCUT2D eigenvalue weighted by Gasteiger charge is 2.34.